The van der Waals surface area contributed by atoms with E-state index in [0.717, 1.165) is 6.54 Å². The number of hydrogen-bond donors (Lipinski definition) is 1. The maximum atomic E-state index is 12.0. The van der Waals surface area contributed by atoms with Crippen LogP contribution in [-0.4, -0.2) is 19.6 Å². The second kappa shape index (κ2) is 5.41. The summed E-state index contributed by atoms with van der Waals surface area (Å²) >= 11 is 5.88. The van der Waals surface area contributed by atoms with Crippen LogP contribution in [0.2, 0.25) is 5.02 Å². The summed E-state index contributed by atoms with van der Waals surface area (Å²) in [7, 11) is 1.55. The first-order valence-electron chi connectivity index (χ1n) is 5.82. The Morgan fingerprint density at radius 2 is 2.29 bits per heavy atom. The summed E-state index contributed by atoms with van der Waals surface area (Å²) in [6.45, 7) is 0.745. The van der Waals surface area contributed by atoms with Crippen molar-refractivity contribution in [3.05, 3.63) is 28.8 Å². The van der Waals surface area contributed by atoms with Gasteiger partial charge in [0.2, 0.25) is 0 Å². The molecule has 0 spiro atoms. The van der Waals surface area contributed by atoms with Gasteiger partial charge in [-0.1, -0.05) is 18.0 Å². The molecule has 0 atom stereocenters. The lowest BCUT2D eigenvalue weighted by molar-refractivity contribution is 0.0936. The van der Waals surface area contributed by atoms with Gasteiger partial charge in [-0.2, -0.15) is 0 Å². The van der Waals surface area contributed by atoms with Crippen LogP contribution in [0.3, 0.4) is 0 Å². The van der Waals surface area contributed by atoms with Crippen LogP contribution in [0.4, 0.5) is 0 Å². The Balaban J connectivity index is 2.03. The number of carbonyl (C=O) groups excluding carboxylic acids is 1. The van der Waals surface area contributed by atoms with Crippen molar-refractivity contribution in [2.75, 3.05) is 13.7 Å². The summed E-state index contributed by atoms with van der Waals surface area (Å²) < 4.78 is 5.15. The van der Waals surface area contributed by atoms with Crippen molar-refractivity contribution in [3.63, 3.8) is 0 Å². The average molecular weight is 254 g/mol. The molecule has 1 aromatic rings. The Kier molecular flexibility index (Phi) is 3.89. The van der Waals surface area contributed by atoms with E-state index in [0.29, 0.717) is 22.3 Å². The van der Waals surface area contributed by atoms with Crippen LogP contribution in [0.5, 0.6) is 5.75 Å². The molecule has 0 aromatic heterocycles. The van der Waals surface area contributed by atoms with Crippen LogP contribution in [0, 0.1) is 5.92 Å². The predicted octanol–water partition coefficient (Wildman–Crippen LogP) is 2.88. The maximum absolute atomic E-state index is 12.0. The van der Waals surface area contributed by atoms with E-state index in [4.69, 9.17) is 16.3 Å². The second-order valence-electron chi connectivity index (χ2n) is 4.35. The summed E-state index contributed by atoms with van der Waals surface area (Å²) in [5.74, 6) is 1.08. The fourth-order valence-electron chi connectivity index (χ4n) is 1.89. The highest BCUT2D eigenvalue weighted by Crippen LogP contribution is 2.26. The molecule has 1 fully saturated rings. The molecule has 17 heavy (non-hydrogen) atoms. The molecule has 0 radical (unpaired) electrons. The number of rotatable bonds is 4. The van der Waals surface area contributed by atoms with E-state index in [-0.39, 0.29) is 5.91 Å². The van der Waals surface area contributed by atoms with Crippen molar-refractivity contribution in [2.24, 2.45) is 5.92 Å². The average Bonchev–Trinajstić information content (AvgIpc) is 2.26. The number of amides is 1. The first kappa shape index (κ1) is 12.2. The zero-order valence-corrected chi connectivity index (χ0v) is 10.6. The first-order chi connectivity index (χ1) is 8.20. The summed E-state index contributed by atoms with van der Waals surface area (Å²) in [4.78, 5) is 12.0. The third kappa shape index (κ3) is 2.91. The molecule has 0 saturated heterocycles. The summed E-state index contributed by atoms with van der Waals surface area (Å²) in [6.07, 6.45) is 3.71. The fraction of sp³-hybridized carbons (Fsp3) is 0.462. The molecule has 4 heteroatoms. The fourth-order valence-corrected chi connectivity index (χ4v) is 2.06. The van der Waals surface area contributed by atoms with E-state index in [1.165, 1.54) is 19.3 Å². The minimum atomic E-state index is -0.115. The number of methoxy groups -OCH3 is 1. The zero-order valence-electron chi connectivity index (χ0n) is 9.83. The highest BCUT2D eigenvalue weighted by molar-refractivity contribution is 6.31. The van der Waals surface area contributed by atoms with Crippen LogP contribution >= 0.6 is 11.6 Å². The molecule has 1 amide bonds. The Bertz CT molecular complexity index is 416. The summed E-state index contributed by atoms with van der Waals surface area (Å²) in [6, 6.07) is 5.06. The Morgan fingerprint density at radius 1 is 1.53 bits per heavy atom. The molecule has 1 N–H and O–H groups in total. The number of nitrogens with one attached hydrogen (secondary N) is 1. The third-order valence-electron chi connectivity index (χ3n) is 3.18. The largest absolute Gasteiger partial charge is 0.496 e. The lowest BCUT2D eigenvalue weighted by Crippen LogP contribution is -2.32. The van der Waals surface area contributed by atoms with Gasteiger partial charge in [0.25, 0.3) is 5.91 Å². The molecule has 2 rings (SSSR count). The van der Waals surface area contributed by atoms with Gasteiger partial charge in [0.05, 0.1) is 12.7 Å². The number of ether oxygens (including phenoxy) is 1. The highest BCUT2D eigenvalue weighted by Gasteiger charge is 2.19. The Hall–Kier alpha value is -1.22. The molecule has 92 valence electrons. The van der Waals surface area contributed by atoms with Gasteiger partial charge in [0.1, 0.15) is 5.75 Å². The second-order valence-corrected chi connectivity index (χ2v) is 4.79. The van der Waals surface area contributed by atoms with Crippen molar-refractivity contribution < 1.29 is 9.53 Å². The topological polar surface area (TPSA) is 38.3 Å². The van der Waals surface area contributed by atoms with Crippen LogP contribution in [-0.2, 0) is 0 Å². The monoisotopic (exact) mass is 253 g/mol. The lowest BCUT2D eigenvalue weighted by atomic mass is 9.85. The lowest BCUT2D eigenvalue weighted by Gasteiger charge is -2.25. The van der Waals surface area contributed by atoms with Gasteiger partial charge >= 0.3 is 0 Å². The van der Waals surface area contributed by atoms with Gasteiger partial charge in [0.15, 0.2) is 0 Å². The Labute approximate surface area is 106 Å². The van der Waals surface area contributed by atoms with E-state index in [1.54, 1.807) is 25.3 Å². The standard InChI is InChI=1S/C13H16ClNO2/c1-17-12-6-5-10(14)7-11(12)13(16)15-8-9-3-2-4-9/h5-7,9H,2-4,8H2,1H3,(H,15,16). The van der Waals surface area contributed by atoms with Gasteiger partial charge in [-0.15, -0.1) is 0 Å². The minimum Gasteiger partial charge on any atom is -0.496 e. The molecule has 3 nitrogen and oxygen atoms in total. The van der Waals surface area contributed by atoms with Crippen molar-refractivity contribution in [1.82, 2.24) is 5.32 Å². The summed E-state index contributed by atoms with van der Waals surface area (Å²) in [5, 5.41) is 3.47. The van der Waals surface area contributed by atoms with Crippen molar-refractivity contribution in [3.8, 4) is 5.75 Å². The van der Waals surface area contributed by atoms with Crippen molar-refractivity contribution >= 4 is 17.5 Å². The van der Waals surface area contributed by atoms with Crippen LogP contribution in [0.25, 0.3) is 0 Å². The molecule has 1 aromatic carbocycles. The Morgan fingerprint density at radius 3 is 2.88 bits per heavy atom. The van der Waals surface area contributed by atoms with Crippen molar-refractivity contribution in [2.45, 2.75) is 19.3 Å². The van der Waals surface area contributed by atoms with E-state index in [1.807, 2.05) is 0 Å². The van der Waals surface area contributed by atoms with Gasteiger partial charge in [-0.25, -0.2) is 0 Å². The number of halogens is 1. The van der Waals surface area contributed by atoms with Crippen LogP contribution in [0.1, 0.15) is 29.6 Å². The molecule has 1 aliphatic carbocycles. The van der Waals surface area contributed by atoms with E-state index in [2.05, 4.69) is 5.32 Å². The smallest absolute Gasteiger partial charge is 0.255 e. The molecule has 1 saturated carbocycles. The number of hydrogen-bond acceptors (Lipinski definition) is 2. The normalized spacial score (nSPS) is 15.2. The van der Waals surface area contributed by atoms with E-state index >= 15 is 0 Å². The maximum Gasteiger partial charge on any atom is 0.255 e. The molecular formula is C13H16ClNO2. The van der Waals surface area contributed by atoms with E-state index in [9.17, 15) is 4.79 Å². The zero-order chi connectivity index (χ0) is 12.3. The van der Waals surface area contributed by atoms with Gasteiger partial charge in [-0.3, -0.25) is 4.79 Å². The molecular weight excluding hydrogens is 238 g/mol. The first-order valence-corrected chi connectivity index (χ1v) is 6.20. The van der Waals surface area contributed by atoms with Gasteiger partial charge < -0.3 is 10.1 Å². The third-order valence-corrected chi connectivity index (χ3v) is 3.42. The van der Waals surface area contributed by atoms with Gasteiger partial charge in [0, 0.05) is 11.6 Å². The quantitative estimate of drug-likeness (QED) is 0.896. The van der Waals surface area contributed by atoms with Crippen LogP contribution in [0.15, 0.2) is 18.2 Å². The minimum absolute atomic E-state index is 0.115. The van der Waals surface area contributed by atoms with Crippen molar-refractivity contribution in [1.29, 1.82) is 0 Å². The van der Waals surface area contributed by atoms with Crippen LogP contribution < -0.4 is 10.1 Å². The van der Waals surface area contributed by atoms with Gasteiger partial charge in [-0.05, 0) is 37.0 Å². The SMILES string of the molecule is COc1ccc(Cl)cc1C(=O)NCC1CCC1. The predicted molar refractivity (Wildman–Crippen MR) is 67.7 cm³/mol. The van der Waals surface area contributed by atoms with E-state index < -0.39 is 0 Å². The molecule has 1 aliphatic rings. The molecule has 0 heterocycles. The molecule has 0 aliphatic heterocycles. The highest BCUT2D eigenvalue weighted by atomic mass is 35.5. The molecule has 0 unspecified atom stereocenters. The number of benzene rings is 1. The summed E-state index contributed by atoms with van der Waals surface area (Å²) in [5.41, 5.74) is 0.499. The number of carbonyl (C=O) groups is 1. The molecule has 0 bridgehead atoms.